The monoisotopic (exact) mass is 238 g/mol. The number of para-hydroxylation sites is 1. The van der Waals surface area contributed by atoms with E-state index in [2.05, 4.69) is 19.1 Å². The minimum atomic E-state index is 0.277. The number of rotatable bonds is 5. The Bertz CT molecular complexity index is 315. The Hall–Kier alpha value is -0.670. The summed E-state index contributed by atoms with van der Waals surface area (Å²) in [5.74, 6) is 3.45. The predicted octanol–water partition coefficient (Wildman–Crippen LogP) is 2.35. The Morgan fingerprint density at radius 2 is 2.31 bits per heavy atom. The first kappa shape index (κ1) is 11.8. The van der Waals surface area contributed by atoms with Gasteiger partial charge in [-0.1, -0.05) is 25.1 Å². The van der Waals surface area contributed by atoms with E-state index in [0.717, 1.165) is 23.7 Å². The van der Waals surface area contributed by atoms with Crippen molar-refractivity contribution in [2.75, 3.05) is 18.1 Å². The maximum Gasteiger partial charge on any atom is 0.123 e. The first-order valence-electron chi connectivity index (χ1n) is 5.72. The number of fused-ring (bicyclic) bond motifs is 1. The fraction of sp³-hybridized carbons (Fsp3) is 0.538. The van der Waals surface area contributed by atoms with Gasteiger partial charge in [0.05, 0.1) is 0 Å². The van der Waals surface area contributed by atoms with Gasteiger partial charge in [0, 0.05) is 18.8 Å². The summed E-state index contributed by atoms with van der Waals surface area (Å²) in [5.41, 5.74) is 1.32. The normalized spacial score (nSPS) is 20.2. The van der Waals surface area contributed by atoms with Crippen molar-refractivity contribution in [2.24, 2.45) is 5.92 Å². The highest BCUT2D eigenvalue weighted by Crippen LogP contribution is 2.29. The van der Waals surface area contributed by atoms with E-state index >= 15 is 0 Å². The van der Waals surface area contributed by atoms with Crippen LogP contribution in [0.1, 0.15) is 12.5 Å². The van der Waals surface area contributed by atoms with Gasteiger partial charge in [-0.15, -0.1) is 0 Å². The molecular weight excluding hydrogens is 220 g/mol. The van der Waals surface area contributed by atoms with Crippen LogP contribution in [0.25, 0.3) is 0 Å². The molecule has 16 heavy (non-hydrogen) atoms. The van der Waals surface area contributed by atoms with E-state index in [-0.39, 0.29) is 6.61 Å². The molecule has 2 unspecified atom stereocenters. The third kappa shape index (κ3) is 2.92. The number of hydrogen-bond donors (Lipinski definition) is 1. The van der Waals surface area contributed by atoms with Gasteiger partial charge in [0.15, 0.2) is 0 Å². The maximum absolute atomic E-state index is 8.92. The standard InChI is InChI=1S/C13H18O2S/c1-10(7-14)8-16-9-12-6-11-4-2-3-5-13(11)15-12/h2-5,10,12,14H,6-9H2,1H3. The summed E-state index contributed by atoms with van der Waals surface area (Å²) in [6, 6.07) is 8.25. The topological polar surface area (TPSA) is 29.5 Å². The van der Waals surface area contributed by atoms with Crippen molar-refractivity contribution in [3.8, 4) is 5.75 Å². The molecule has 0 aliphatic carbocycles. The molecule has 0 spiro atoms. The molecule has 0 fully saturated rings. The van der Waals surface area contributed by atoms with Gasteiger partial charge in [0.25, 0.3) is 0 Å². The van der Waals surface area contributed by atoms with Gasteiger partial charge < -0.3 is 9.84 Å². The summed E-state index contributed by atoms with van der Waals surface area (Å²) in [6.07, 6.45) is 1.34. The minimum Gasteiger partial charge on any atom is -0.489 e. The molecule has 0 aromatic heterocycles. The smallest absolute Gasteiger partial charge is 0.123 e. The van der Waals surface area contributed by atoms with Crippen LogP contribution in [0.4, 0.5) is 0 Å². The number of benzene rings is 1. The quantitative estimate of drug-likeness (QED) is 0.854. The second kappa shape index (κ2) is 5.60. The number of thioether (sulfide) groups is 1. The lowest BCUT2D eigenvalue weighted by molar-refractivity contribution is 0.249. The molecule has 0 radical (unpaired) electrons. The molecule has 1 N–H and O–H groups in total. The van der Waals surface area contributed by atoms with E-state index < -0.39 is 0 Å². The average molecular weight is 238 g/mol. The van der Waals surface area contributed by atoms with Crippen molar-refractivity contribution in [1.82, 2.24) is 0 Å². The highest BCUT2D eigenvalue weighted by atomic mass is 32.2. The number of aliphatic hydroxyl groups excluding tert-OH is 1. The number of ether oxygens (including phenoxy) is 1. The lowest BCUT2D eigenvalue weighted by atomic mass is 10.1. The first-order valence-corrected chi connectivity index (χ1v) is 6.88. The van der Waals surface area contributed by atoms with Crippen molar-refractivity contribution in [3.63, 3.8) is 0 Å². The number of aliphatic hydroxyl groups is 1. The molecule has 0 bridgehead atoms. The predicted molar refractivity (Wildman–Crippen MR) is 68.1 cm³/mol. The van der Waals surface area contributed by atoms with Gasteiger partial charge >= 0.3 is 0 Å². The average Bonchev–Trinajstić information content (AvgIpc) is 2.71. The van der Waals surface area contributed by atoms with Crippen LogP contribution < -0.4 is 4.74 Å². The summed E-state index contributed by atoms with van der Waals surface area (Å²) < 4.78 is 5.84. The van der Waals surface area contributed by atoms with Crippen LogP contribution >= 0.6 is 11.8 Å². The van der Waals surface area contributed by atoms with Gasteiger partial charge in [-0.2, -0.15) is 11.8 Å². The van der Waals surface area contributed by atoms with Crippen LogP contribution in [-0.2, 0) is 6.42 Å². The zero-order valence-electron chi connectivity index (χ0n) is 9.56. The zero-order valence-corrected chi connectivity index (χ0v) is 10.4. The third-order valence-corrected chi connectivity index (χ3v) is 4.14. The summed E-state index contributed by atoms with van der Waals surface area (Å²) in [4.78, 5) is 0. The fourth-order valence-electron chi connectivity index (χ4n) is 1.80. The van der Waals surface area contributed by atoms with Crippen LogP contribution in [0.2, 0.25) is 0 Å². The Morgan fingerprint density at radius 1 is 1.50 bits per heavy atom. The molecule has 2 nitrogen and oxygen atoms in total. The van der Waals surface area contributed by atoms with E-state index in [1.165, 1.54) is 5.56 Å². The summed E-state index contributed by atoms with van der Waals surface area (Å²) in [5, 5.41) is 8.92. The highest BCUT2D eigenvalue weighted by molar-refractivity contribution is 7.99. The van der Waals surface area contributed by atoms with Crippen molar-refractivity contribution < 1.29 is 9.84 Å². The Balaban J connectivity index is 1.75. The molecule has 0 saturated heterocycles. The highest BCUT2D eigenvalue weighted by Gasteiger charge is 2.21. The van der Waals surface area contributed by atoms with Crippen molar-refractivity contribution in [3.05, 3.63) is 29.8 Å². The molecule has 3 heteroatoms. The van der Waals surface area contributed by atoms with Crippen LogP contribution in [0.5, 0.6) is 5.75 Å². The maximum atomic E-state index is 8.92. The van der Waals surface area contributed by atoms with Gasteiger partial charge in [0.1, 0.15) is 11.9 Å². The minimum absolute atomic E-state index is 0.277. The van der Waals surface area contributed by atoms with E-state index in [9.17, 15) is 0 Å². The van der Waals surface area contributed by atoms with Crippen LogP contribution in [-0.4, -0.2) is 29.3 Å². The fourth-order valence-corrected chi connectivity index (χ4v) is 2.89. The summed E-state index contributed by atoms with van der Waals surface area (Å²) >= 11 is 1.87. The second-order valence-corrected chi connectivity index (χ2v) is 5.45. The lowest BCUT2D eigenvalue weighted by Crippen LogP contribution is -2.17. The molecule has 1 aromatic rings. The molecular formula is C13H18O2S. The van der Waals surface area contributed by atoms with Gasteiger partial charge in [-0.3, -0.25) is 0 Å². The molecule has 0 saturated carbocycles. The summed E-state index contributed by atoms with van der Waals surface area (Å²) in [6.45, 7) is 2.34. The van der Waals surface area contributed by atoms with E-state index in [1.54, 1.807) is 0 Å². The molecule has 1 heterocycles. The van der Waals surface area contributed by atoms with E-state index in [1.807, 2.05) is 23.9 Å². The second-order valence-electron chi connectivity index (χ2n) is 4.38. The van der Waals surface area contributed by atoms with Gasteiger partial charge in [-0.25, -0.2) is 0 Å². The van der Waals surface area contributed by atoms with E-state index in [4.69, 9.17) is 9.84 Å². The molecule has 1 aliphatic heterocycles. The number of hydrogen-bond acceptors (Lipinski definition) is 3. The third-order valence-electron chi connectivity index (χ3n) is 2.73. The van der Waals surface area contributed by atoms with Crippen molar-refractivity contribution in [1.29, 1.82) is 0 Å². The largest absolute Gasteiger partial charge is 0.489 e. The van der Waals surface area contributed by atoms with Crippen molar-refractivity contribution >= 4 is 11.8 Å². The van der Waals surface area contributed by atoms with Crippen molar-refractivity contribution in [2.45, 2.75) is 19.4 Å². The zero-order chi connectivity index (χ0) is 11.4. The molecule has 0 amide bonds. The van der Waals surface area contributed by atoms with Gasteiger partial charge in [-0.05, 0) is 23.3 Å². The molecule has 1 aromatic carbocycles. The Kier molecular flexibility index (Phi) is 4.13. The van der Waals surface area contributed by atoms with Gasteiger partial charge in [0.2, 0.25) is 0 Å². The molecule has 1 aliphatic rings. The SMILES string of the molecule is CC(CO)CSCC1Cc2ccccc2O1. The van der Waals surface area contributed by atoms with E-state index in [0.29, 0.717) is 12.0 Å². The van der Waals surface area contributed by atoms with Crippen LogP contribution in [0.3, 0.4) is 0 Å². The lowest BCUT2D eigenvalue weighted by Gasteiger charge is -2.12. The molecule has 2 atom stereocenters. The Labute approximate surface area is 101 Å². The van der Waals surface area contributed by atoms with Crippen LogP contribution in [0, 0.1) is 5.92 Å². The first-order chi connectivity index (χ1) is 7.79. The molecule has 88 valence electrons. The summed E-state index contributed by atoms with van der Waals surface area (Å²) in [7, 11) is 0. The van der Waals surface area contributed by atoms with Crippen LogP contribution in [0.15, 0.2) is 24.3 Å². The Morgan fingerprint density at radius 3 is 3.06 bits per heavy atom. The molecule has 2 rings (SSSR count).